The van der Waals surface area contributed by atoms with Crippen LogP contribution in [0.2, 0.25) is 0 Å². The van der Waals surface area contributed by atoms with E-state index in [1.54, 1.807) is 24.3 Å². The molecule has 1 aromatic carbocycles. The van der Waals surface area contributed by atoms with Crippen molar-refractivity contribution in [3.05, 3.63) is 29.8 Å². The second-order valence-corrected chi connectivity index (χ2v) is 7.68. The van der Waals surface area contributed by atoms with Crippen LogP contribution in [0.5, 0.6) is 5.75 Å². The molecule has 124 valence electrons. The first-order chi connectivity index (χ1) is 10.8. The fourth-order valence-electron chi connectivity index (χ4n) is 2.17. The standard InChI is InChI=1S/C14H18N4O3S2/c1-14(2)11(18(21)12(20)15-3)17(13(22)23-14)16-8-9-6-4-5-7-10(9)19/h4-8,11,19,21H,1-3H3,(H,15,20)/b16-8+/t11-/m0/s1. The van der Waals surface area contributed by atoms with Crippen molar-refractivity contribution < 1.29 is 15.1 Å². The van der Waals surface area contributed by atoms with Gasteiger partial charge in [-0.3, -0.25) is 5.21 Å². The number of amides is 2. The van der Waals surface area contributed by atoms with Gasteiger partial charge in [0.1, 0.15) is 5.75 Å². The van der Waals surface area contributed by atoms with Crippen molar-refractivity contribution in [2.75, 3.05) is 7.05 Å². The van der Waals surface area contributed by atoms with Crippen molar-refractivity contribution in [2.24, 2.45) is 5.10 Å². The van der Waals surface area contributed by atoms with E-state index < -0.39 is 16.9 Å². The Kier molecular flexibility index (Phi) is 5.12. The number of hydrogen-bond donors (Lipinski definition) is 3. The van der Waals surface area contributed by atoms with E-state index in [4.69, 9.17) is 12.2 Å². The highest BCUT2D eigenvalue weighted by Gasteiger charge is 2.49. The maximum Gasteiger partial charge on any atom is 0.343 e. The number of carbonyl (C=O) groups is 1. The zero-order valence-electron chi connectivity index (χ0n) is 12.9. The quantitative estimate of drug-likeness (QED) is 0.334. The molecule has 3 N–H and O–H groups in total. The first-order valence-corrected chi connectivity index (χ1v) is 8.04. The monoisotopic (exact) mass is 354 g/mol. The van der Waals surface area contributed by atoms with E-state index in [-0.39, 0.29) is 5.75 Å². The number of phenols is 1. The smallest absolute Gasteiger partial charge is 0.343 e. The van der Waals surface area contributed by atoms with E-state index in [1.807, 2.05) is 13.8 Å². The lowest BCUT2D eigenvalue weighted by atomic mass is 10.1. The summed E-state index contributed by atoms with van der Waals surface area (Å²) in [6.07, 6.45) is 0.663. The molecule has 1 heterocycles. The average Bonchev–Trinajstić information content (AvgIpc) is 2.73. The van der Waals surface area contributed by atoms with Crippen molar-refractivity contribution in [3.8, 4) is 5.75 Å². The van der Waals surface area contributed by atoms with Crippen LogP contribution in [0.25, 0.3) is 0 Å². The summed E-state index contributed by atoms with van der Waals surface area (Å²) in [6.45, 7) is 3.71. The summed E-state index contributed by atoms with van der Waals surface area (Å²) in [4.78, 5) is 11.8. The van der Waals surface area contributed by atoms with Gasteiger partial charge >= 0.3 is 6.03 Å². The maximum absolute atomic E-state index is 11.8. The van der Waals surface area contributed by atoms with E-state index in [0.717, 1.165) is 0 Å². The third-order valence-corrected chi connectivity index (χ3v) is 4.84. The molecule has 0 aliphatic carbocycles. The number of thioether (sulfide) groups is 1. The second kappa shape index (κ2) is 6.73. The lowest BCUT2D eigenvalue weighted by Crippen LogP contribution is -2.55. The number of urea groups is 1. The van der Waals surface area contributed by atoms with Crippen molar-refractivity contribution >= 4 is 40.5 Å². The van der Waals surface area contributed by atoms with Crippen LogP contribution in [0.15, 0.2) is 29.4 Å². The van der Waals surface area contributed by atoms with Crippen molar-refractivity contribution in [1.29, 1.82) is 0 Å². The number of thiocarbonyl (C=S) groups is 1. The Balaban J connectivity index is 2.32. The van der Waals surface area contributed by atoms with Gasteiger partial charge in [0, 0.05) is 12.6 Å². The van der Waals surface area contributed by atoms with Gasteiger partial charge in [-0.2, -0.15) is 10.2 Å². The summed E-state index contributed by atoms with van der Waals surface area (Å²) in [5.74, 6) is 0.0805. The fraction of sp³-hybridized carbons (Fsp3) is 0.357. The molecule has 1 aromatic rings. The maximum atomic E-state index is 11.8. The molecule has 7 nitrogen and oxygen atoms in total. The number of para-hydroxylation sites is 1. The molecule has 1 saturated heterocycles. The van der Waals surface area contributed by atoms with E-state index in [9.17, 15) is 15.1 Å². The van der Waals surface area contributed by atoms with Crippen LogP contribution in [-0.2, 0) is 0 Å². The van der Waals surface area contributed by atoms with E-state index >= 15 is 0 Å². The topological polar surface area (TPSA) is 88.4 Å². The third-order valence-electron chi connectivity index (χ3n) is 3.30. The average molecular weight is 354 g/mol. The van der Waals surface area contributed by atoms with Crippen molar-refractivity contribution in [1.82, 2.24) is 15.4 Å². The van der Waals surface area contributed by atoms with Crippen molar-refractivity contribution in [2.45, 2.75) is 24.8 Å². The molecule has 2 amide bonds. The Morgan fingerprint density at radius 1 is 1.52 bits per heavy atom. The number of nitrogens with zero attached hydrogens (tertiary/aromatic N) is 3. The molecule has 1 fully saturated rings. The molecule has 0 bridgehead atoms. The molecule has 0 aromatic heterocycles. The number of phenolic OH excluding ortho intramolecular Hbond substituents is 1. The minimum absolute atomic E-state index is 0.0805. The Morgan fingerprint density at radius 3 is 2.78 bits per heavy atom. The van der Waals surface area contributed by atoms with Gasteiger partial charge in [0.05, 0.1) is 11.0 Å². The van der Waals surface area contributed by atoms with Gasteiger partial charge in [-0.25, -0.2) is 9.80 Å². The summed E-state index contributed by atoms with van der Waals surface area (Å²) < 4.78 is -0.136. The molecule has 1 atom stereocenters. The number of carbonyl (C=O) groups excluding carboxylic acids is 1. The van der Waals surface area contributed by atoms with Crippen LogP contribution in [0.3, 0.4) is 0 Å². The van der Waals surface area contributed by atoms with Crippen LogP contribution in [0, 0.1) is 0 Å². The largest absolute Gasteiger partial charge is 0.507 e. The van der Waals surface area contributed by atoms with Crippen LogP contribution in [0.4, 0.5) is 4.79 Å². The van der Waals surface area contributed by atoms with Crippen LogP contribution in [-0.4, -0.2) is 54.9 Å². The van der Waals surface area contributed by atoms with E-state index in [2.05, 4.69) is 10.4 Å². The summed E-state index contributed by atoms with van der Waals surface area (Å²) in [5.41, 5.74) is 0.508. The first-order valence-electron chi connectivity index (χ1n) is 6.82. The highest BCUT2D eigenvalue weighted by Crippen LogP contribution is 2.42. The van der Waals surface area contributed by atoms with Crippen LogP contribution in [0.1, 0.15) is 19.4 Å². The van der Waals surface area contributed by atoms with Crippen molar-refractivity contribution in [3.63, 3.8) is 0 Å². The van der Waals surface area contributed by atoms with Gasteiger partial charge < -0.3 is 10.4 Å². The minimum atomic E-state index is -0.776. The third kappa shape index (κ3) is 3.57. The summed E-state index contributed by atoms with van der Waals surface area (Å²) in [7, 11) is 1.43. The first kappa shape index (κ1) is 17.5. The van der Waals surface area contributed by atoms with Crippen LogP contribution < -0.4 is 5.32 Å². The zero-order chi connectivity index (χ0) is 17.2. The van der Waals surface area contributed by atoms with Gasteiger partial charge in [-0.05, 0) is 26.0 Å². The van der Waals surface area contributed by atoms with E-state index in [0.29, 0.717) is 14.9 Å². The number of benzene rings is 1. The number of aromatic hydroxyl groups is 1. The van der Waals surface area contributed by atoms with E-state index in [1.165, 1.54) is 30.0 Å². The molecule has 2 rings (SSSR count). The summed E-state index contributed by atoms with van der Waals surface area (Å²) in [5, 5.41) is 28.5. The molecule has 1 aliphatic rings. The molecular formula is C14H18N4O3S2. The Labute approximate surface area is 143 Å². The normalized spacial score (nSPS) is 20.1. The molecule has 0 radical (unpaired) electrons. The molecule has 0 spiro atoms. The lowest BCUT2D eigenvalue weighted by molar-refractivity contribution is -0.117. The van der Waals surface area contributed by atoms with Gasteiger partial charge in [-0.1, -0.05) is 36.1 Å². The Hall–Kier alpha value is -1.84. The van der Waals surface area contributed by atoms with Gasteiger partial charge in [0.25, 0.3) is 0 Å². The highest BCUT2D eigenvalue weighted by atomic mass is 32.2. The number of nitrogens with one attached hydrogen (secondary N) is 1. The lowest BCUT2D eigenvalue weighted by Gasteiger charge is -2.33. The second-order valence-electron chi connectivity index (χ2n) is 5.39. The number of hydrazone groups is 1. The van der Waals surface area contributed by atoms with Gasteiger partial charge in [-0.15, -0.1) is 0 Å². The molecular weight excluding hydrogens is 336 g/mol. The minimum Gasteiger partial charge on any atom is -0.507 e. The molecule has 0 saturated carbocycles. The molecule has 1 aliphatic heterocycles. The zero-order valence-corrected chi connectivity index (χ0v) is 14.6. The Morgan fingerprint density at radius 2 is 2.17 bits per heavy atom. The predicted octanol–water partition coefficient (Wildman–Crippen LogP) is 2.20. The summed E-state index contributed by atoms with van der Waals surface area (Å²) >= 11 is 6.63. The molecule has 0 unspecified atom stereocenters. The SMILES string of the molecule is CNC(=O)N(O)[C@@H]1N(/N=C/c2ccccc2O)C(=S)SC1(C)C. The number of hydrogen-bond acceptors (Lipinski definition) is 6. The Bertz CT molecular complexity index is 651. The summed E-state index contributed by atoms with van der Waals surface area (Å²) in [6, 6.07) is 6.05. The predicted molar refractivity (Wildman–Crippen MR) is 93.7 cm³/mol. The number of hydroxylamine groups is 2. The van der Waals surface area contributed by atoms with Gasteiger partial charge in [0.15, 0.2) is 10.5 Å². The van der Waals surface area contributed by atoms with Gasteiger partial charge in [0.2, 0.25) is 0 Å². The highest BCUT2D eigenvalue weighted by molar-refractivity contribution is 8.24. The van der Waals surface area contributed by atoms with Crippen LogP contribution >= 0.6 is 24.0 Å². The number of rotatable bonds is 3. The molecule has 23 heavy (non-hydrogen) atoms. The fourth-order valence-corrected chi connectivity index (χ4v) is 3.96. The molecule has 9 heteroatoms.